The Morgan fingerprint density at radius 3 is 2.64 bits per heavy atom. The van der Waals surface area contributed by atoms with Crippen LogP contribution in [0.5, 0.6) is 5.75 Å². The van der Waals surface area contributed by atoms with Gasteiger partial charge in [-0.1, -0.05) is 25.0 Å². The highest BCUT2D eigenvalue weighted by atomic mass is 16.3. The summed E-state index contributed by atoms with van der Waals surface area (Å²) in [5, 5.41) is 24.2. The van der Waals surface area contributed by atoms with Crippen LogP contribution in [0.4, 0.5) is 0 Å². The number of phenols is 1. The number of nitriles is 1. The lowest BCUT2D eigenvalue weighted by Crippen LogP contribution is -2.34. The number of phenolic OH excluding ortho intramolecular Hbond substituents is 1. The van der Waals surface area contributed by atoms with E-state index in [2.05, 4.69) is 10.6 Å². The van der Waals surface area contributed by atoms with Gasteiger partial charge in [0.2, 0.25) is 0 Å². The Morgan fingerprint density at radius 2 is 2.00 bits per heavy atom. The van der Waals surface area contributed by atoms with Crippen LogP contribution in [0.3, 0.4) is 0 Å². The molecule has 1 aromatic rings. The molecule has 1 aromatic carbocycles. The number of aromatic hydroxyl groups is 1. The van der Waals surface area contributed by atoms with Gasteiger partial charge >= 0.3 is 0 Å². The Bertz CT molecular complexity index is 567. The molecule has 0 atom stereocenters. The summed E-state index contributed by atoms with van der Waals surface area (Å²) in [7, 11) is 0. The largest absolute Gasteiger partial charge is 0.508 e. The molecule has 5 heteroatoms. The Labute approximate surface area is 130 Å². The molecule has 3 N–H and O–H groups in total. The zero-order valence-electron chi connectivity index (χ0n) is 12.5. The van der Waals surface area contributed by atoms with Gasteiger partial charge in [-0.05, 0) is 37.0 Å². The summed E-state index contributed by atoms with van der Waals surface area (Å²) < 4.78 is 0. The van der Waals surface area contributed by atoms with E-state index >= 15 is 0 Å². The zero-order valence-corrected chi connectivity index (χ0v) is 12.5. The predicted molar refractivity (Wildman–Crippen MR) is 83.9 cm³/mol. The highest BCUT2D eigenvalue weighted by Gasteiger charge is 2.19. The van der Waals surface area contributed by atoms with E-state index in [1.807, 2.05) is 18.2 Å². The molecule has 0 aromatic heterocycles. The Balaban J connectivity index is 1.77. The van der Waals surface area contributed by atoms with E-state index in [0.29, 0.717) is 6.54 Å². The maximum absolute atomic E-state index is 12.0. The molecule has 0 unspecified atom stereocenters. The molecule has 0 aliphatic heterocycles. The Hall–Kier alpha value is -2.48. The van der Waals surface area contributed by atoms with Gasteiger partial charge in [0.1, 0.15) is 17.4 Å². The van der Waals surface area contributed by atoms with Crippen molar-refractivity contribution in [1.29, 1.82) is 5.26 Å². The molecule has 22 heavy (non-hydrogen) atoms. The van der Waals surface area contributed by atoms with Crippen molar-refractivity contribution in [1.82, 2.24) is 10.6 Å². The van der Waals surface area contributed by atoms with Gasteiger partial charge in [0.25, 0.3) is 5.91 Å². The summed E-state index contributed by atoms with van der Waals surface area (Å²) in [6.45, 7) is 0.618. The Kier molecular flexibility index (Phi) is 5.84. The van der Waals surface area contributed by atoms with E-state index in [1.165, 1.54) is 6.20 Å². The highest BCUT2D eigenvalue weighted by Crippen LogP contribution is 2.17. The zero-order chi connectivity index (χ0) is 15.8. The SMILES string of the molecule is N#C/C(=C/NCCc1ccc(O)cc1)C(=O)NC1CCCC1. The van der Waals surface area contributed by atoms with Gasteiger partial charge in [-0.25, -0.2) is 0 Å². The molecule has 1 saturated carbocycles. The number of carbonyl (C=O) groups excluding carboxylic acids is 1. The van der Waals surface area contributed by atoms with E-state index in [4.69, 9.17) is 5.26 Å². The van der Waals surface area contributed by atoms with Gasteiger partial charge in [-0.3, -0.25) is 4.79 Å². The van der Waals surface area contributed by atoms with E-state index in [1.54, 1.807) is 12.1 Å². The van der Waals surface area contributed by atoms with Crippen molar-refractivity contribution >= 4 is 5.91 Å². The number of nitrogens with one attached hydrogen (secondary N) is 2. The predicted octanol–water partition coefficient (Wildman–Crippen LogP) is 1.99. The third-order valence-corrected chi connectivity index (χ3v) is 3.80. The van der Waals surface area contributed by atoms with Crippen LogP contribution in [0.1, 0.15) is 31.2 Å². The van der Waals surface area contributed by atoms with Crippen LogP contribution < -0.4 is 10.6 Å². The van der Waals surface area contributed by atoms with E-state index < -0.39 is 0 Å². The van der Waals surface area contributed by atoms with Crippen molar-refractivity contribution in [3.8, 4) is 11.8 Å². The van der Waals surface area contributed by atoms with Crippen LogP contribution >= 0.6 is 0 Å². The number of nitrogens with zero attached hydrogens (tertiary/aromatic N) is 1. The van der Waals surface area contributed by atoms with Crippen LogP contribution in [-0.2, 0) is 11.2 Å². The second-order valence-electron chi connectivity index (χ2n) is 5.50. The second-order valence-corrected chi connectivity index (χ2v) is 5.50. The standard InChI is InChI=1S/C17H21N3O2/c18-11-14(17(22)20-15-3-1-2-4-15)12-19-10-9-13-5-7-16(21)8-6-13/h5-8,12,15,19,21H,1-4,9-10H2,(H,20,22)/b14-12-. The van der Waals surface area contributed by atoms with Crippen LogP contribution in [-0.4, -0.2) is 23.6 Å². The van der Waals surface area contributed by atoms with Crippen LogP contribution in [0.2, 0.25) is 0 Å². The van der Waals surface area contributed by atoms with Gasteiger partial charge in [0.15, 0.2) is 0 Å². The third-order valence-electron chi connectivity index (χ3n) is 3.80. The molecule has 2 rings (SSSR count). The minimum atomic E-state index is -0.300. The second kappa shape index (κ2) is 8.08. The topological polar surface area (TPSA) is 85.2 Å². The molecule has 1 amide bonds. The monoisotopic (exact) mass is 299 g/mol. The fraction of sp³-hybridized carbons (Fsp3) is 0.412. The summed E-state index contributed by atoms with van der Waals surface area (Å²) in [4.78, 5) is 12.0. The molecule has 5 nitrogen and oxygen atoms in total. The molecule has 0 radical (unpaired) electrons. The summed E-state index contributed by atoms with van der Waals surface area (Å²) >= 11 is 0. The summed E-state index contributed by atoms with van der Waals surface area (Å²) in [6, 6.07) is 9.12. The minimum Gasteiger partial charge on any atom is -0.508 e. The fourth-order valence-corrected chi connectivity index (χ4v) is 2.54. The van der Waals surface area contributed by atoms with Crippen molar-refractivity contribution in [3.63, 3.8) is 0 Å². The number of benzene rings is 1. The number of amides is 1. The number of hydrogen-bond acceptors (Lipinski definition) is 4. The van der Waals surface area contributed by atoms with Gasteiger partial charge < -0.3 is 15.7 Å². The third kappa shape index (κ3) is 4.81. The van der Waals surface area contributed by atoms with Crippen molar-refractivity contribution in [2.75, 3.05) is 6.54 Å². The summed E-state index contributed by atoms with van der Waals surface area (Å²) in [5.74, 6) is -0.0570. The lowest BCUT2D eigenvalue weighted by molar-refractivity contribution is -0.117. The maximum atomic E-state index is 12.0. The van der Waals surface area contributed by atoms with Gasteiger partial charge in [0, 0.05) is 18.8 Å². The van der Waals surface area contributed by atoms with Crippen LogP contribution in [0, 0.1) is 11.3 Å². The quantitative estimate of drug-likeness (QED) is 0.426. The number of hydrogen-bond donors (Lipinski definition) is 3. The molecular weight excluding hydrogens is 278 g/mol. The summed E-state index contributed by atoms with van der Waals surface area (Å²) in [6.07, 6.45) is 6.50. The summed E-state index contributed by atoms with van der Waals surface area (Å²) in [5.41, 5.74) is 1.19. The van der Waals surface area contributed by atoms with Crippen LogP contribution in [0.15, 0.2) is 36.0 Å². The normalized spacial score (nSPS) is 15.3. The molecule has 116 valence electrons. The lowest BCUT2D eigenvalue weighted by atomic mass is 10.1. The van der Waals surface area contributed by atoms with Crippen LogP contribution in [0.25, 0.3) is 0 Å². The maximum Gasteiger partial charge on any atom is 0.263 e. The van der Waals surface area contributed by atoms with E-state index in [0.717, 1.165) is 37.7 Å². The van der Waals surface area contributed by atoms with E-state index in [-0.39, 0.29) is 23.3 Å². The molecule has 1 aliphatic carbocycles. The fourth-order valence-electron chi connectivity index (χ4n) is 2.54. The van der Waals surface area contributed by atoms with Crippen molar-refractivity contribution in [3.05, 3.63) is 41.6 Å². The average molecular weight is 299 g/mol. The van der Waals surface area contributed by atoms with Gasteiger partial charge in [0.05, 0.1) is 0 Å². The molecule has 0 heterocycles. The first kappa shape index (κ1) is 15.9. The molecular formula is C17H21N3O2. The average Bonchev–Trinajstić information content (AvgIpc) is 3.02. The van der Waals surface area contributed by atoms with Gasteiger partial charge in [-0.15, -0.1) is 0 Å². The molecule has 0 saturated heterocycles. The lowest BCUT2D eigenvalue weighted by Gasteiger charge is -2.11. The van der Waals surface area contributed by atoms with Crippen molar-refractivity contribution in [2.45, 2.75) is 38.1 Å². The molecule has 0 bridgehead atoms. The molecule has 1 aliphatic rings. The number of rotatable bonds is 6. The van der Waals surface area contributed by atoms with E-state index in [9.17, 15) is 9.90 Å². The Morgan fingerprint density at radius 1 is 1.32 bits per heavy atom. The smallest absolute Gasteiger partial charge is 0.263 e. The first-order chi connectivity index (χ1) is 10.7. The minimum absolute atomic E-state index is 0.109. The molecule has 0 spiro atoms. The van der Waals surface area contributed by atoms with Crippen molar-refractivity contribution < 1.29 is 9.90 Å². The van der Waals surface area contributed by atoms with Crippen molar-refractivity contribution in [2.24, 2.45) is 0 Å². The molecule has 1 fully saturated rings. The first-order valence-electron chi connectivity index (χ1n) is 7.61. The highest BCUT2D eigenvalue weighted by molar-refractivity contribution is 5.97. The first-order valence-corrected chi connectivity index (χ1v) is 7.61. The number of carbonyl (C=O) groups is 1. The van der Waals surface area contributed by atoms with Gasteiger partial charge in [-0.2, -0.15) is 5.26 Å².